The van der Waals surface area contributed by atoms with Crippen LogP contribution in [0.4, 0.5) is 17.1 Å². The van der Waals surface area contributed by atoms with E-state index in [4.69, 9.17) is 4.74 Å². The summed E-state index contributed by atoms with van der Waals surface area (Å²) in [6, 6.07) is 3.87. The first-order valence-electron chi connectivity index (χ1n) is 11.2. The first kappa shape index (κ1) is 24.4. The van der Waals surface area contributed by atoms with Gasteiger partial charge in [-0.2, -0.15) is 0 Å². The number of phenols is 1. The van der Waals surface area contributed by atoms with Gasteiger partial charge in [-0.05, 0) is 37.3 Å². The van der Waals surface area contributed by atoms with Crippen LogP contribution in [0.2, 0.25) is 0 Å². The van der Waals surface area contributed by atoms with Crippen LogP contribution in [0.25, 0.3) is 0 Å². The molecule has 2 aromatic rings. The molecule has 0 aliphatic carbocycles. The summed E-state index contributed by atoms with van der Waals surface area (Å²) in [5.41, 5.74) is -1.34. The maximum Gasteiger partial charge on any atom is 0.257 e. The Morgan fingerprint density at radius 2 is 1.88 bits per heavy atom. The van der Waals surface area contributed by atoms with Gasteiger partial charge in [0, 0.05) is 27.1 Å². The van der Waals surface area contributed by atoms with Crippen LogP contribution in [0.3, 0.4) is 0 Å². The molecule has 3 N–H and O–H groups in total. The van der Waals surface area contributed by atoms with E-state index in [2.05, 4.69) is 10.6 Å². The molecule has 0 bridgehead atoms. The van der Waals surface area contributed by atoms with E-state index in [0.29, 0.717) is 12.8 Å². The Morgan fingerprint density at radius 3 is 2.48 bits per heavy atom. The number of ether oxygens (including phenoxy) is 1. The lowest BCUT2D eigenvalue weighted by atomic mass is 9.94. The fourth-order valence-electron chi connectivity index (χ4n) is 3.95. The molecule has 0 radical (unpaired) electrons. The van der Waals surface area contributed by atoms with Crippen molar-refractivity contribution < 1.29 is 19.4 Å². The molecule has 3 rings (SSSR count). The van der Waals surface area contributed by atoms with Crippen LogP contribution in [0.1, 0.15) is 49.9 Å². The molecule has 1 aliphatic rings. The molecule has 2 aromatic carbocycles. The Bertz CT molecular complexity index is 1090. The summed E-state index contributed by atoms with van der Waals surface area (Å²) in [6.45, 7) is 4.45. The van der Waals surface area contributed by atoms with Crippen molar-refractivity contribution in [2.24, 2.45) is 5.92 Å². The van der Waals surface area contributed by atoms with E-state index in [9.17, 15) is 24.3 Å². The van der Waals surface area contributed by atoms with E-state index in [1.165, 1.54) is 17.0 Å². The van der Waals surface area contributed by atoms with Gasteiger partial charge in [0.1, 0.15) is 11.4 Å². The number of carbonyl (C=O) groups excluding carboxylic acids is 2. The average Bonchev–Trinajstić information content (AvgIpc) is 3.30. The molecule has 33 heavy (non-hydrogen) atoms. The molecular formula is C24H31N3O6. The Hall–Kier alpha value is -3.20. The van der Waals surface area contributed by atoms with Crippen molar-refractivity contribution >= 4 is 28.8 Å². The molecule has 0 saturated carbocycles. The number of Topliss-reactive ketones (excluding diaryl/α,β-unsaturated/α-hetero) is 1. The second-order valence-electron chi connectivity index (χ2n) is 8.94. The zero-order chi connectivity index (χ0) is 24.3. The second-order valence-corrected chi connectivity index (χ2v) is 8.94. The number of ketones is 1. The molecule has 0 spiro atoms. The SMILES string of the molecule is CC(C)[C@@H](Nc1c(Nc2cccc(C(=O)N(C)C)c2O)c(=O)c1=O)C(=O)CCC1CCCO1. The predicted molar refractivity (Wildman–Crippen MR) is 126 cm³/mol. The van der Waals surface area contributed by atoms with E-state index in [0.717, 1.165) is 19.4 Å². The van der Waals surface area contributed by atoms with Crippen molar-refractivity contribution in [1.82, 2.24) is 4.90 Å². The number of para-hydroxylation sites is 1. The van der Waals surface area contributed by atoms with Crippen molar-refractivity contribution in [1.29, 1.82) is 0 Å². The van der Waals surface area contributed by atoms with Crippen molar-refractivity contribution in [3.05, 3.63) is 44.2 Å². The summed E-state index contributed by atoms with van der Waals surface area (Å²) in [4.78, 5) is 51.0. The van der Waals surface area contributed by atoms with Crippen molar-refractivity contribution in [3.8, 4) is 5.75 Å². The Balaban J connectivity index is 1.78. The van der Waals surface area contributed by atoms with Gasteiger partial charge in [0.05, 0.1) is 23.4 Å². The monoisotopic (exact) mass is 457 g/mol. The van der Waals surface area contributed by atoms with E-state index in [-0.39, 0.29) is 46.2 Å². The normalized spacial score (nSPS) is 16.7. The minimum Gasteiger partial charge on any atom is -0.505 e. The molecule has 1 unspecified atom stereocenters. The van der Waals surface area contributed by atoms with Gasteiger partial charge in [0.2, 0.25) is 0 Å². The maximum atomic E-state index is 12.9. The lowest BCUT2D eigenvalue weighted by molar-refractivity contribution is -0.121. The number of rotatable bonds is 10. The standard InChI is InChI=1S/C24H31N3O6/c1-13(2)18(17(28)11-10-14-7-6-12-33-14)26-20-19(22(30)23(20)31)25-16-9-5-8-15(21(16)29)24(32)27(3)4/h5,8-9,13-14,18,25-26,29H,6-7,10-12H2,1-4H3/t14?,18-/m1/s1. The summed E-state index contributed by atoms with van der Waals surface area (Å²) in [5.74, 6) is -0.908. The number of benzene rings is 1. The van der Waals surface area contributed by atoms with Gasteiger partial charge >= 0.3 is 0 Å². The Kier molecular flexibility index (Phi) is 7.53. The van der Waals surface area contributed by atoms with Crippen LogP contribution in [-0.2, 0) is 9.53 Å². The first-order chi connectivity index (χ1) is 15.6. The highest BCUT2D eigenvalue weighted by atomic mass is 16.5. The third kappa shape index (κ3) is 5.24. The van der Waals surface area contributed by atoms with Gasteiger partial charge in [-0.25, -0.2) is 0 Å². The maximum absolute atomic E-state index is 12.9. The molecule has 1 heterocycles. The van der Waals surface area contributed by atoms with E-state index in [1.807, 2.05) is 13.8 Å². The largest absolute Gasteiger partial charge is 0.505 e. The van der Waals surface area contributed by atoms with Crippen molar-refractivity contribution in [2.45, 2.75) is 51.7 Å². The van der Waals surface area contributed by atoms with Crippen LogP contribution in [-0.4, -0.2) is 54.5 Å². The van der Waals surface area contributed by atoms with E-state index in [1.54, 1.807) is 20.2 Å². The Morgan fingerprint density at radius 1 is 1.18 bits per heavy atom. The number of amides is 1. The third-order valence-electron chi connectivity index (χ3n) is 5.89. The van der Waals surface area contributed by atoms with Gasteiger partial charge in [-0.3, -0.25) is 19.2 Å². The fraction of sp³-hybridized carbons (Fsp3) is 0.500. The Labute approximate surface area is 192 Å². The summed E-state index contributed by atoms with van der Waals surface area (Å²) in [7, 11) is 3.12. The molecular weight excluding hydrogens is 426 g/mol. The van der Waals surface area contributed by atoms with Gasteiger partial charge < -0.3 is 25.4 Å². The van der Waals surface area contributed by atoms with Gasteiger partial charge in [-0.1, -0.05) is 19.9 Å². The molecule has 1 fully saturated rings. The molecule has 2 atom stereocenters. The molecule has 1 saturated heterocycles. The van der Waals surface area contributed by atoms with Gasteiger partial charge in [-0.15, -0.1) is 0 Å². The number of aromatic hydroxyl groups is 1. The van der Waals surface area contributed by atoms with Crippen molar-refractivity contribution in [3.63, 3.8) is 0 Å². The summed E-state index contributed by atoms with van der Waals surface area (Å²) >= 11 is 0. The highest BCUT2D eigenvalue weighted by Gasteiger charge is 2.30. The minimum atomic E-state index is -0.754. The zero-order valence-electron chi connectivity index (χ0n) is 19.4. The molecule has 0 aromatic heterocycles. The molecule has 178 valence electrons. The quantitative estimate of drug-likeness (QED) is 0.367. The highest BCUT2D eigenvalue weighted by Crippen LogP contribution is 2.32. The van der Waals surface area contributed by atoms with E-state index < -0.39 is 22.8 Å². The fourth-order valence-corrected chi connectivity index (χ4v) is 3.95. The van der Waals surface area contributed by atoms with Crippen LogP contribution < -0.4 is 21.5 Å². The molecule has 9 nitrogen and oxygen atoms in total. The lowest BCUT2D eigenvalue weighted by Crippen LogP contribution is -2.43. The summed E-state index contributed by atoms with van der Waals surface area (Å²) in [6.07, 6.45) is 2.97. The van der Waals surface area contributed by atoms with Crippen LogP contribution >= 0.6 is 0 Å². The van der Waals surface area contributed by atoms with Crippen LogP contribution in [0.5, 0.6) is 5.75 Å². The minimum absolute atomic E-state index is 0.00732. The summed E-state index contributed by atoms with van der Waals surface area (Å²) in [5, 5.41) is 16.3. The molecule has 1 aliphatic heterocycles. The lowest BCUT2D eigenvalue weighted by Gasteiger charge is -2.25. The number of carbonyl (C=O) groups is 2. The van der Waals surface area contributed by atoms with Gasteiger partial charge in [0.15, 0.2) is 11.5 Å². The van der Waals surface area contributed by atoms with Crippen molar-refractivity contribution in [2.75, 3.05) is 31.3 Å². The average molecular weight is 458 g/mol. The number of phenolic OH excluding ortho intramolecular Hbond substituents is 1. The predicted octanol–water partition coefficient (Wildman–Crippen LogP) is 2.40. The van der Waals surface area contributed by atoms with E-state index >= 15 is 0 Å². The molecule has 9 heteroatoms. The number of nitrogens with zero attached hydrogens (tertiary/aromatic N) is 1. The smallest absolute Gasteiger partial charge is 0.257 e. The molecule has 1 amide bonds. The van der Waals surface area contributed by atoms with Crippen LogP contribution in [0.15, 0.2) is 27.8 Å². The third-order valence-corrected chi connectivity index (χ3v) is 5.89. The van der Waals surface area contributed by atoms with Gasteiger partial charge in [0.25, 0.3) is 16.8 Å². The number of anilines is 3. The number of hydrogen-bond donors (Lipinski definition) is 3. The topological polar surface area (TPSA) is 125 Å². The zero-order valence-corrected chi connectivity index (χ0v) is 19.4. The number of hydrogen-bond acceptors (Lipinski definition) is 8. The second kappa shape index (κ2) is 10.2. The summed E-state index contributed by atoms with van der Waals surface area (Å²) < 4.78 is 5.58. The number of nitrogens with one attached hydrogen (secondary N) is 2. The highest BCUT2D eigenvalue weighted by molar-refractivity contribution is 5.99. The van der Waals surface area contributed by atoms with Crippen LogP contribution in [0, 0.1) is 5.92 Å². The first-order valence-corrected chi connectivity index (χ1v) is 11.2.